The van der Waals surface area contributed by atoms with E-state index >= 15 is 0 Å². The molecule has 0 aliphatic heterocycles. The first-order valence-electron chi connectivity index (χ1n) is 7.20. The normalized spacial score (nSPS) is 11.1. The molecular formula is C17H17BrO5S. The summed E-state index contributed by atoms with van der Waals surface area (Å²) in [6, 6.07) is 11.4. The van der Waals surface area contributed by atoms with E-state index in [9.17, 15) is 13.2 Å². The van der Waals surface area contributed by atoms with Crippen molar-refractivity contribution in [2.24, 2.45) is 0 Å². The van der Waals surface area contributed by atoms with Crippen molar-refractivity contribution in [2.75, 3.05) is 12.9 Å². The third-order valence-corrected chi connectivity index (χ3v) is 5.70. The van der Waals surface area contributed by atoms with E-state index in [1.807, 2.05) is 6.07 Å². The number of carbonyl (C=O) groups is 1. The molecule has 0 spiro atoms. The van der Waals surface area contributed by atoms with Crippen molar-refractivity contribution < 1.29 is 22.7 Å². The van der Waals surface area contributed by atoms with Gasteiger partial charge in [-0.15, -0.1) is 0 Å². The highest BCUT2D eigenvalue weighted by Gasteiger charge is 2.21. The van der Waals surface area contributed by atoms with Crippen LogP contribution in [0.5, 0.6) is 5.75 Å². The summed E-state index contributed by atoms with van der Waals surface area (Å²) in [6.45, 7) is 1.51. The molecule has 0 heterocycles. The Balaban J connectivity index is 2.25. The maximum atomic E-state index is 12.3. The fourth-order valence-corrected chi connectivity index (χ4v) is 3.63. The fraction of sp³-hybridized carbons (Fsp3) is 0.235. The molecule has 0 unspecified atom stereocenters. The number of rotatable bonds is 6. The minimum Gasteiger partial charge on any atom is -0.496 e. The van der Waals surface area contributed by atoms with Gasteiger partial charge < -0.3 is 9.47 Å². The largest absolute Gasteiger partial charge is 0.496 e. The molecule has 2 aromatic rings. The lowest BCUT2D eigenvalue weighted by Gasteiger charge is -2.12. The van der Waals surface area contributed by atoms with Gasteiger partial charge in [-0.05, 0) is 30.3 Å². The Bertz CT molecular complexity index is 846. The summed E-state index contributed by atoms with van der Waals surface area (Å²) in [5.41, 5.74) is 0.712. The van der Waals surface area contributed by atoms with Crippen LogP contribution in [0.3, 0.4) is 0 Å². The summed E-state index contributed by atoms with van der Waals surface area (Å²) in [5.74, 6) is -0.193. The minimum atomic E-state index is -3.51. The van der Waals surface area contributed by atoms with Gasteiger partial charge in [-0.1, -0.05) is 35.0 Å². The minimum absolute atomic E-state index is 0.0151. The molecule has 0 aliphatic rings. The maximum absolute atomic E-state index is 12.3. The molecule has 0 saturated carbocycles. The SMILES string of the molecule is CCS(=O)(=O)c1ccccc1C(=O)OCc1cc(Br)ccc1OC. The van der Waals surface area contributed by atoms with Gasteiger partial charge in [0.1, 0.15) is 12.4 Å². The predicted octanol–water partition coefficient (Wildman–Crippen LogP) is 3.61. The third kappa shape index (κ3) is 4.15. The Morgan fingerprint density at radius 2 is 1.88 bits per heavy atom. The topological polar surface area (TPSA) is 69.7 Å². The quantitative estimate of drug-likeness (QED) is 0.677. The maximum Gasteiger partial charge on any atom is 0.339 e. The van der Waals surface area contributed by atoms with Crippen molar-refractivity contribution in [2.45, 2.75) is 18.4 Å². The van der Waals surface area contributed by atoms with E-state index in [4.69, 9.17) is 9.47 Å². The molecule has 24 heavy (non-hydrogen) atoms. The first kappa shape index (κ1) is 18.5. The second kappa shape index (κ2) is 7.81. The van der Waals surface area contributed by atoms with Crippen LogP contribution in [-0.2, 0) is 21.2 Å². The van der Waals surface area contributed by atoms with Gasteiger partial charge in [-0.3, -0.25) is 0 Å². The van der Waals surface area contributed by atoms with Crippen molar-refractivity contribution in [3.63, 3.8) is 0 Å². The molecule has 0 saturated heterocycles. The summed E-state index contributed by atoms with van der Waals surface area (Å²) >= 11 is 3.35. The van der Waals surface area contributed by atoms with Crippen LogP contribution >= 0.6 is 15.9 Å². The smallest absolute Gasteiger partial charge is 0.339 e. The van der Waals surface area contributed by atoms with Crippen LogP contribution in [0, 0.1) is 0 Å². The van der Waals surface area contributed by atoms with Crippen LogP contribution in [0.25, 0.3) is 0 Å². The number of ether oxygens (including phenoxy) is 2. The number of halogens is 1. The van der Waals surface area contributed by atoms with E-state index in [0.29, 0.717) is 11.3 Å². The van der Waals surface area contributed by atoms with Gasteiger partial charge in [0.25, 0.3) is 0 Å². The molecule has 7 heteroatoms. The summed E-state index contributed by atoms with van der Waals surface area (Å²) in [6.07, 6.45) is 0. The van der Waals surface area contributed by atoms with Gasteiger partial charge >= 0.3 is 5.97 Å². The van der Waals surface area contributed by atoms with Crippen LogP contribution in [-0.4, -0.2) is 27.2 Å². The average Bonchev–Trinajstić information content (AvgIpc) is 2.59. The lowest BCUT2D eigenvalue weighted by molar-refractivity contribution is 0.0465. The van der Waals surface area contributed by atoms with E-state index in [1.54, 1.807) is 24.3 Å². The standard InChI is InChI=1S/C17H17BrO5S/c1-3-24(20,21)16-7-5-4-6-14(16)17(19)23-11-12-10-13(18)8-9-15(12)22-2/h4-10H,3,11H2,1-2H3. The zero-order valence-corrected chi connectivity index (χ0v) is 15.7. The Morgan fingerprint density at radius 3 is 2.54 bits per heavy atom. The number of sulfone groups is 1. The second-order valence-corrected chi connectivity index (χ2v) is 8.09. The number of benzene rings is 2. The molecule has 0 aliphatic carbocycles. The van der Waals surface area contributed by atoms with Crippen LogP contribution in [0.2, 0.25) is 0 Å². The summed E-state index contributed by atoms with van der Waals surface area (Å²) in [4.78, 5) is 12.3. The highest BCUT2D eigenvalue weighted by molar-refractivity contribution is 9.10. The molecule has 0 bridgehead atoms. The summed E-state index contributed by atoms with van der Waals surface area (Å²) in [5, 5.41) is 0. The summed E-state index contributed by atoms with van der Waals surface area (Å²) < 4.78 is 35.6. The van der Waals surface area contributed by atoms with Gasteiger partial charge in [-0.2, -0.15) is 0 Å². The lowest BCUT2D eigenvalue weighted by Crippen LogP contribution is -2.13. The van der Waals surface area contributed by atoms with E-state index < -0.39 is 15.8 Å². The average molecular weight is 413 g/mol. The predicted molar refractivity (Wildman–Crippen MR) is 94.0 cm³/mol. The summed E-state index contributed by atoms with van der Waals surface area (Å²) in [7, 11) is -1.98. The van der Waals surface area contributed by atoms with E-state index in [-0.39, 0.29) is 22.8 Å². The fourth-order valence-electron chi connectivity index (χ4n) is 2.14. The molecule has 0 N–H and O–H groups in total. The van der Waals surface area contributed by atoms with Crippen LogP contribution in [0.4, 0.5) is 0 Å². The number of hydrogen-bond donors (Lipinski definition) is 0. The van der Waals surface area contributed by atoms with Crippen LogP contribution in [0.1, 0.15) is 22.8 Å². The van der Waals surface area contributed by atoms with Crippen LogP contribution < -0.4 is 4.74 Å². The van der Waals surface area contributed by atoms with Gasteiger partial charge in [0, 0.05) is 10.0 Å². The van der Waals surface area contributed by atoms with Crippen LogP contribution in [0.15, 0.2) is 51.8 Å². The molecule has 5 nitrogen and oxygen atoms in total. The van der Waals surface area contributed by atoms with Crippen molar-refractivity contribution in [1.29, 1.82) is 0 Å². The molecule has 0 amide bonds. The number of carbonyl (C=O) groups excluding carboxylic acids is 1. The Hall–Kier alpha value is -1.86. The zero-order valence-electron chi connectivity index (χ0n) is 13.3. The highest BCUT2D eigenvalue weighted by atomic mass is 79.9. The number of methoxy groups -OCH3 is 1. The van der Waals surface area contributed by atoms with E-state index in [0.717, 1.165) is 4.47 Å². The van der Waals surface area contributed by atoms with Crippen molar-refractivity contribution in [1.82, 2.24) is 0 Å². The van der Waals surface area contributed by atoms with E-state index in [2.05, 4.69) is 15.9 Å². The number of esters is 1. The van der Waals surface area contributed by atoms with Crippen molar-refractivity contribution >= 4 is 31.7 Å². The molecule has 0 radical (unpaired) electrons. The Kier molecular flexibility index (Phi) is 6.01. The van der Waals surface area contributed by atoms with Gasteiger partial charge in [0.05, 0.1) is 23.3 Å². The zero-order chi connectivity index (χ0) is 17.7. The van der Waals surface area contributed by atoms with Gasteiger partial charge in [-0.25, -0.2) is 13.2 Å². The molecule has 2 aromatic carbocycles. The third-order valence-electron chi connectivity index (χ3n) is 3.42. The monoisotopic (exact) mass is 412 g/mol. The van der Waals surface area contributed by atoms with Gasteiger partial charge in [0.15, 0.2) is 9.84 Å². The lowest BCUT2D eigenvalue weighted by atomic mass is 10.2. The molecule has 0 atom stereocenters. The molecule has 0 fully saturated rings. The first-order chi connectivity index (χ1) is 11.4. The highest BCUT2D eigenvalue weighted by Crippen LogP contribution is 2.25. The molecule has 128 valence electrons. The first-order valence-corrected chi connectivity index (χ1v) is 9.65. The molecule has 0 aromatic heterocycles. The van der Waals surface area contributed by atoms with Gasteiger partial charge in [0.2, 0.25) is 0 Å². The molecule has 2 rings (SSSR count). The van der Waals surface area contributed by atoms with Crippen molar-refractivity contribution in [3.05, 3.63) is 58.1 Å². The Morgan fingerprint density at radius 1 is 1.17 bits per heavy atom. The molecular weight excluding hydrogens is 396 g/mol. The van der Waals surface area contributed by atoms with Crippen molar-refractivity contribution in [3.8, 4) is 5.75 Å². The number of hydrogen-bond acceptors (Lipinski definition) is 5. The second-order valence-electron chi connectivity index (χ2n) is 4.93. The van der Waals surface area contributed by atoms with E-state index in [1.165, 1.54) is 26.2 Å². The Labute approximate surface area is 149 Å².